The molecule has 0 aliphatic heterocycles. The number of aryl methyl sites for hydroxylation is 1. The monoisotopic (exact) mass is 317 g/mol. The molecular formula is C18H23NO4. The maximum Gasteiger partial charge on any atom is 0.412 e. The Morgan fingerprint density at radius 1 is 1.09 bits per heavy atom. The smallest absolute Gasteiger partial charge is 0.412 e. The van der Waals surface area contributed by atoms with Crippen LogP contribution in [0, 0.1) is 0 Å². The highest BCUT2D eigenvalue weighted by Gasteiger charge is 2.25. The molecule has 1 N–H and O–H groups in total. The van der Waals surface area contributed by atoms with Crippen molar-refractivity contribution in [2.24, 2.45) is 0 Å². The van der Waals surface area contributed by atoms with Crippen LogP contribution in [0.5, 0.6) is 0 Å². The van der Waals surface area contributed by atoms with E-state index in [2.05, 4.69) is 11.4 Å². The third-order valence-electron chi connectivity index (χ3n) is 3.59. The second-order valence-corrected chi connectivity index (χ2v) is 6.54. The summed E-state index contributed by atoms with van der Waals surface area (Å²) in [5.74, 6) is -0.551. The highest BCUT2D eigenvalue weighted by molar-refractivity contribution is 5.93. The molecule has 1 amide bonds. The second kappa shape index (κ2) is 6.86. The third-order valence-corrected chi connectivity index (χ3v) is 3.59. The number of ether oxygens (including phenoxy) is 2. The van der Waals surface area contributed by atoms with Gasteiger partial charge in [-0.25, -0.2) is 9.59 Å². The minimum atomic E-state index is -0.649. The van der Waals surface area contributed by atoms with Gasteiger partial charge in [0, 0.05) is 0 Å². The Labute approximate surface area is 136 Å². The number of carbonyl (C=O) groups excluding carboxylic acids is 2. The number of nitrogens with one attached hydrogen (secondary N) is 1. The summed E-state index contributed by atoms with van der Waals surface area (Å²) in [6.45, 7) is 5.32. The Morgan fingerprint density at radius 2 is 1.74 bits per heavy atom. The van der Waals surface area contributed by atoms with Gasteiger partial charge in [0.1, 0.15) is 11.3 Å². The minimum absolute atomic E-state index is 0.191. The summed E-state index contributed by atoms with van der Waals surface area (Å²) in [7, 11) is 1.30. The summed E-state index contributed by atoms with van der Waals surface area (Å²) >= 11 is 0. The Balaban J connectivity index is 2.25. The number of hydrogen-bond donors (Lipinski definition) is 1. The quantitative estimate of drug-likeness (QED) is 0.672. The van der Waals surface area contributed by atoms with E-state index >= 15 is 0 Å². The van der Waals surface area contributed by atoms with Crippen molar-refractivity contribution in [2.45, 2.75) is 45.6 Å². The molecule has 5 heteroatoms. The molecule has 0 atom stereocenters. The third kappa shape index (κ3) is 4.58. The fourth-order valence-corrected chi connectivity index (χ4v) is 2.58. The van der Waals surface area contributed by atoms with E-state index in [1.165, 1.54) is 18.2 Å². The molecule has 0 bridgehead atoms. The standard InChI is InChI=1S/C18H23NO4/c1-18(2,3)23-17(21)19-15(16(20)22-4)14-10-9-12-7-5-6-8-13(12)11-14/h5-8H,9-11H2,1-4H3,(H,19,21)/b15-14-. The van der Waals surface area contributed by atoms with E-state index in [0.717, 1.165) is 12.0 Å². The van der Waals surface area contributed by atoms with Crippen molar-refractivity contribution in [1.29, 1.82) is 0 Å². The van der Waals surface area contributed by atoms with Gasteiger partial charge in [0.05, 0.1) is 7.11 Å². The van der Waals surface area contributed by atoms with Gasteiger partial charge in [-0.3, -0.25) is 5.32 Å². The lowest BCUT2D eigenvalue weighted by Crippen LogP contribution is -2.35. The van der Waals surface area contributed by atoms with Gasteiger partial charge < -0.3 is 9.47 Å². The van der Waals surface area contributed by atoms with Crippen LogP contribution in [-0.4, -0.2) is 24.8 Å². The molecule has 0 spiro atoms. The van der Waals surface area contributed by atoms with Gasteiger partial charge in [0.25, 0.3) is 0 Å². The van der Waals surface area contributed by atoms with E-state index in [-0.39, 0.29) is 5.70 Å². The van der Waals surface area contributed by atoms with Gasteiger partial charge in [-0.15, -0.1) is 0 Å². The van der Waals surface area contributed by atoms with Crippen LogP contribution in [0.2, 0.25) is 0 Å². The number of hydrogen-bond acceptors (Lipinski definition) is 4. The molecule has 23 heavy (non-hydrogen) atoms. The summed E-state index contributed by atoms with van der Waals surface area (Å²) < 4.78 is 10.0. The van der Waals surface area contributed by atoms with Crippen molar-refractivity contribution < 1.29 is 19.1 Å². The Kier molecular flexibility index (Phi) is 5.08. The lowest BCUT2D eigenvalue weighted by molar-refractivity contribution is -0.136. The molecule has 1 aromatic carbocycles. The fraction of sp³-hybridized carbons (Fsp3) is 0.444. The molecule has 124 valence electrons. The predicted octanol–water partition coefficient (Wildman–Crippen LogP) is 3.13. The normalized spacial score (nSPS) is 16.2. The Bertz CT molecular complexity index is 641. The SMILES string of the molecule is COC(=O)/C(NC(=O)OC(C)(C)C)=C1\CCc2ccccc2C1. The van der Waals surface area contributed by atoms with Crippen LogP contribution in [0.15, 0.2) is 35.5 Å². The maximum atomic E-state index is 12.1. The van der Waals surface area contributed by atoms with E-state index in [4.69, 9.17) is 9.47 Å². The number of esters is 1. The van der Waals surface area contributed by atoms with Crippen LogP contribution in [0.3, 0.4) is 0 Å². The molecule has 0 unspecified atom stereocenters. The topological polar surface area (TPSA) is 64.6 Å². The molecule has 0 fully saturated rings. The average Bonchev–Trinajstić information content (AvgIpc) is 2.49. The number of allylic oxidation sites excluding steroid dienone is 1. The van der Waals surface area contributed by atoms with E-state index in [0.29, 0.717) is 12.8 Å². The minimum Gasteiger partial charge on any atom is -0.464 e. The van der Waals surface area contributed by atoms with E-state index in [1.807, 2.05) is 18.2 Å². The van der Waals surface area contributed by atoms with Gasteiger partial charge in [-0.2, -0.15) is 0 Å². The van der Waals surface area contributed by atoms with E-state index < -0.39 is 17.7 Å². The summed E-state index contributed by atoms with van der Waals surface area (Å²) in [5.41, 5.74) is 2.87. The zero-order valence-electron chi connectivity index (χ0n) is 14.1. The van der Waals surface area contributed by atoms with Crippen molar-refractivity contribution in [2.75, 3.05) is 7.11 Å². The van der Waals surface area contributed by atoms with Gasteiger partial charge in [-0.05, 0) is 56.7 Å². The van der Waals surface area contributed by atoms with Crippen molar-refractivity contribution >= 4 is 12.1 Å². The number of carbonyl (C=O) groups is 2. The highest BCUT2D eigenvalue weighted by atomic mass is 16.6. The summed E-state index contributed by atoms with van der Waals surface area (Å²) in [5, 5.41) is 2.57. The zero-order chi connectivity index (χ0) is 17.0. The first-order valence-corrected chi connectivity index (χ1v) is 7.67. The first kappa shape index (κ1) is 17.1. The van der Waals surface area contributed by atoms with Crippen molar-refractivity contribution in [3.63, 3.8) is 0 Å². The molecular weight excluding hydrogens is 294 g/mol. The van der Waals surface area contributed by atoms with Crippen LogP contribution in [0.4, 0.5) is 4.79 Å². The molecule has 1 aliphatic carbocycles. The zero-order valence-corrected chi connectivity index (χ0v) is 14.1. The number of alkyl carbamates (subject to hydrolysis) is 1. The number of fused-ring (bicyclic) bond motifs is 1. The van der Waals surface area contributed by atoms with E-state index in [9.17, 15) is 9.59 Å². The second-order valence-electron chi connectivity index (χ2n) is 6.54. The predicted molar refractivity (Wildman–Crippen MR) is 86.9 cm³/mol. The average molecular weight is 317 g/mol. The van der Waals surface area contributed by atoms with Gasteiger partial charge in [-0.1, -0.05) is 24.3 Å². The lowest BCUT2D eigenvalue weighted by atomic mass is 9.87. The fourth-order valence-electron chi connectivity index (χ4n) is 2.58. The van der Waals surface area contributed by atoms with Crippen molar-refractivity contribution in [3.05, 3.63) is 46.7 Å². The molecule has 2 rings (SSSR count). The first-order valence-electron chi connectivity index (χ1n) is 7.67. The number of benzene rings is 1. The van der Waals surface area contributed by atoms with Crippen LogP contribution >= 0.6 is 0 Å². The van der Waals surface area contributed by atoms with Crippen molar-refractivity contribution in [3.8, 4) is 0 Å². The summed E-state index contributed by atoms with van der Waals surface area (Å²) in [4.78, 5) is 24.1. The van der Waals surface area contributed by atoms with Crippen LogP contribution in [0.1, 0.15) is 38.3 Å². The largest absolute Gasteiger partial charge is 0.464 e. The molecule has 0 aromatic heterocycles. The first-order chi connectivity index (χ1) is 10.8. The molecule has 0 radical (unpaired) electrons. The van der Waals surface area contributed by atoms with Gasteiger partial charge in [0.15, 0.2) is 0 Å². The van der Waals surface area contributed by atoms with E-state index in [1.54, 1.807) is 20.8 Å². The van der Waals surface area contributed by atoms with Gasteiger partial charge in [0.2, 0.25) is 0 Å². The highest BCUT2D eigenvalue weighted by Crippen LogP contribution is 2.27. The molecule has 1 aliphatic rings. The van der Waals surface area contributed by atoms with Crippen LogP contribution < -0.4 is 5.32 Å². The van der Waals surface area contributed by atoms with Crippen molar-refractivity contribution in [1.82, 2.24) is 5.32 Å². The molecule has 1 aromatic rings. The molecule has 0 saturated carbocycles. The summed E-state index contributed by atoms with van der Waals surface area (Å²) in [6.07, 6.45) is 1.51. The Morgan fingerprint density at radius 3 is 2.35 bits per heavy atom. The Hall–Kier alpha value is -2.30. The lowest BCUT2D eigenvalue weighted by Gasteiger charge is -2.23. The molecule has 0 heterocycles. The maximum absolute atomic E-state index is 12.1. The molecule has 5 nitrogen and oxygen atoms in total. The number of methoxy groups -OCH3 is 1. The summed E-state index contributed by atoms with van der Waals surface area (Å²) in [6, 6.07) is 8.11. The van der Waals surface area contributed by atoms with Crippen LogP contribution in [-0.2, 0) is 27.1 Å². The van der Waals surface area contributed by atoms with Crippen LogP contribution in [0.25, 0.3) is 0 Å². The number of amides is 1. The number of rotatable bonds is 2. The molecule has 0 saturated heterocycles. The van der Waals surface area contributed by atoms with Gasteiger partial charge >= 0.3 is 12.1 Å².